The molecule has 0 unspecified atom stereocenters. The molecule has 0 saturated carbocycles. The Morgan fingerprint density at radius 3 is 2.21 bits per heavy atom. The molecule has 0 fully saturated rings. The van der Waals surface area contributed by atoms with Crippen molar-refractivity contribution in [3.63, 3.8) is 0 Å². The molecule has 0 spiro atoms. The van der Waals surface area contributed by atoms with Crippen LogP contribution >= 0.6 is 0 Å². The average molecular weight is 266 g/mol. The first-order chi connectivity index (χ1) is 9.43. The van der Waals surface area contributed by atoms with Gasteiger partial charge in [-0.05, 0) is 18.4 Å². The maximum absolute atomic E-state index is 8.64. The molecular formula is C16H26O3. The summed E-state index contributed by atoms with van der Waals surface area (Å²) in [5, 5.41) is 8.64. The molecule has 0 aromatic heterocycles. The van der Waals surface area contributed by atoms with Gasteiger partial charge in [0.2, 0.25) is 0 Å². The van der Waals surface area contributed by atoms with Gasteiger partial charge in [0.1, 0.15) is 6.79 Å². The van der Waals surface area contributed by atoms with E-state index in [9.17, 15) is 0 Å². The zero-order chi connectivity index (χ0) is 13.6. The smallest absolute Gasteiger partial charge is 0.147 e. The molecule has 0 radical (unpaired) electrons. The Bertz CT molecular complexity index is 287. The first-order valence-electron chi connectivity index (χ1n) is 7.24. The summed E-state index contributed by atoms with van der Waals surface area (Å²) >= 11 is 0. The molecule has 0 heterocycles. The summed E-state index contributed by atoms with van der Waals surface area (Å²) in [6.45, 7) is 2.08. The van der Waals surface area contributed by atoms with Gasteiger partial charge in [-0.15, -0.1) is 0 Å². The molecule has 0 bridgehead atoms. The standard InChI is InChI=1S/C16H26O3/c17-12-8-3-1-2-4-9-13-18-15-19-14-16-10-6-5-7-11-16/h5-7,10-11,17H,1-4,8-9,12-15H2. The van der Waals surface area contributed by atoms with Crippen molar-refractivity contribution >= 4 is 0 Å². The van der Waals surface area contributed by atoms with Gasteiger partial charge in [-0.1, -0.05) is 56.0 Å². The predicted molar refractivity (Wildman–Crippen MR) is 76.8 cm³/mol. The first-order valence-corrected chi connectivity index (χ1v) is 7.24. The third-order valence-corrected chi connectivity index (χ3v) is 2.98. The summed E-state index contributed by atoms with van der Waals surface area (Å²) in [5.74, 6) is 0. The van der Waals surface area contributed by atoms with Crippen LogP contribution in [0.25, 0.3) is 0 Å². The van der Waals surface area contributed by atoms with E-state index in [2.05, 4.69) is 0 Å². The van der Waals surface area contributed by atoms with E-state index in [4.69, 9.17) is 14.6 Å². The predicted octanol–water partition coefficient (Wildman–Crippen LogP) is 3.51. The Hall–Kier alpha value is -0.900. The third-order valence-electron chi connectivity index (χ3n) is 2.98. The second kappa shape index (κ2) is 12.2. The van der Waals surface area contributed by atoms with Gasteiger partial charge in [-0.2, -0.15) is 0 Å². The van der Waals surface area contributed by atoms with E-state index in [-0.39, 0.29) is 0 Å². The average Bonchev–Trinajstić information content (AvgIpc) is 2.46. The minimum Gasteiger partial charge on any atom is -0.396 e. The number of rotatable bonds is 12. The van der Waals surface area contributed by atoms with Gasteiger partial charge >= 0.3 is 0 Å². The van der Waals surface area contributed by atoms with E-state index < -0.39 is 0 Å². The summed E-state index contributed by atoms with van der Waals surface area (Å²) < 4.78 is 10.9. The van der Waals surface area contributed by atoms with Crippen LogP contribution in [-0.4, -0.2) is 25.1 Å². The maximum atomic E-state index is 8.64. The number of ether oxygens (including phenoxy) is 2. The lowest BCUT2D eigenvalue weighted by molar-refractivity contribution is -0.0623. The van der Waals surface area contributed by atoms with Crippen LogP contribution in [0.5, 0.6) is 0 Å². The molecule has 0 aliphatic heterocycles. The zero-order valence-corrected chi connectivity index (χ0v) is 11.7. The fourth-order valence-electron chi connectivity index (χ4n) is 1.87. The van der Waals surface area contributed by atoms with E-state index in [0.29, 0.717) is 20.0 Å². The van der Waals surface area contributed by atoms with Crippen LogP contribution in [0.1, 0.15) is 44.1 Å². The Morgan fingerprint density at radius 2 is 1.47 bits per heavy atom. The van der Waals surface area contributed by atoms with Crippen molar-refractivity contribution in [3.8, 4) is 0 Å². The molecule has 0 atom stereocenters. The first kappa shape index (κ1) is 16.2. The van der Waals surface area contributed by atoms with Crippen LogP contribution in [0.15, 0.2) is 30.3 Å². The molecule has 1 aromatic rings. The van der Waals surface area contributed by atoms with Gasteiger partial charge in [0.15, 0.2) is 0 Å². The molecule has 1 aromatic carbocycles. The number of aliphatic hydroxyl groups is 1. The van der Waals surface area contributed by atoms with Crippen LogP contribution in [0.3, 0.4) is 0 Å². The summed E-state index contributed by atoms with van der Waals surface area (Å²) in [6.07, 6.45) is 6.80. The van der Waals surface area contributed by atoms with E-state index in [0.717, 1.165) is 25.9 Å². The quantitative estimate of drug-likeness (QED) is 0.465. The Balaban J connectivity index is 1.79. The topological polar surface area (TPSA) is 38.7 Å². The van der Waals surface area contributed by atoms with E-state index in [1.165, 1.54) is 24.8 Å². The SMILES string of the molecule is OCCCCCCCCOCOCc1ccccc1. The van der Waals surface area contributed by atoms with Gasteiger partial charge in [0.25, 0.3) is 0 Å². The van der Waals surface area contributed by atoms with Crippen LogP contribution in [0.2, 0.25) is 0 Å². The second-order valence-corrected chi connectivity index (χ2v) is 4.71. The highest BCUT2D eigenvalue weighted by atomic mass is 16.7. The fraction of sp³-hybridized carbons (Fsp3) is 0.625. The Kier molecular flexibility index (Phi) is 10.3. The summed E-state index contributed by atoms with van der Waals surface area (Å²) in [5.41, 5.74) is 1.18. The number of aliphatic hydroxyl groups excluding tert-OH is 1. The number of hydrogen-bond acceptors (Lipinski definition) is 3. The molecule has 0 aliphatic rings. The summed E-state index contributed by atoms with van der Waals surface area (Å²) in [4.78, 5) is 0. The van der Waals surface area contributed by atoms with Crippen molar-refractivity contribution in [3.05, 3.63) is 35.9 Å². The molecule has 0 aliphatic carbocycles. The highest BCUT2D eigenvalue weighted by Crippen LogP contribution is 2.05. The highest BCUT2D eigenvalue weighted by Gasteiger charge is 1.93. The largest absolute Gasteiger partial charge is 0.396 e. The lowest BCUT2D eigenvalue weighted by Crippen LogP contribution is -2.01. The number of hydrogen-bond donors (Lipinski definition) is 1. The molecule has 1 N–H and O–H groups in total. The molecule has 3 heteroatoms. The van der Waals surface area contributed by atoms with Crippen LogP contribution in [-0.2, 0) is 16.1 Å². The van der Waals surface area contributed by atoms with Gasteiger partial charge in [-0.3, -0.25) is 0 Å². The maximum Gasteiger partial charge on any atom is 0.147 e. The molecule has 108 valence electrons. The second-order valence-electron chi connectivity index (χ2n) is 4.71. The fourth-order valence-corrected chi connectivity index (χ4v) is 1.87. The Labute approximate surface area is 116 Å². The van der Waals surface area contributed by atoms with Gasteiger partial charge < -0.3 is 14.6 Å². The van der Waals surface area contributed by atoms with Crippen LogP contribution in [0.4, 0.5) is 0 Å². The minimum absolute atomic E-state index is 0.321. The summed E-state index contributed by atoms with van der Waals surface area (Å²) in [6, 6.07) is 10.1. The van der Waals surface area contributed by atoms with Crippen LogP contribution in [0, 0.1) is 0 Å². The van der Waals surface area contributed by atoms with Crippen molar-refractivity contribution in [2.45, 2.75) is 45.1 Å². The molecule has 0 amide bonds. The van der Waals surface area contributed by atoms with Crippen molar-refractivity contribution in [2.75, 3.05) is 20.0 Å². The molecule has 1 rings (SSSR count). The van der Waals surface area contributed by atoms with Crippen molar-refractivity contribution in [2.24, 2.45) is 0 Å². The molecular weight excluding hydrogens is 240 g/mol. The van der Waals surface area contributed by atoms with E-state index in [1.807, 2.05) is 30.3 Å². The van der Waals surface area contributed by atoms with Crippen molar-refractivity contribution in [1.82, 2.24) is 0 Å². The Morgan fingerprint density at radius 1 is 0.789 bits per heavy atom. The normalized spacial score (nSPS) is 10.8. The van der Waals surface area contributed by atoms with Gasteiger partial charge in [0.05, 0.1) is 6.61 Å². The molecule has 0 saturated heterocycles. The monoisotopic (exact) mass is 266 g/mol. The summed E-state index contributed by atoms with van der Waals surface area (Å²) in [7, 11) is 0. The highest BCUT2D eigenvalue weighted by molar-refractivity contribution is 5.13. The van der Waals surface area contributed by atoms with E-state index >= 15 is 0 Å². The number of unbranched alkanes of at least 4 members (excludes halogenated alkanes) is 5. The van der Waals surface area contributed by atoms with Gasteiger partial charge in [0, 0.05) is 13.2 Å². The lowest BCUT2D eigenvalue weighted by atomic mass is 10.1. The molecule has 3 nitrogen and oxygen atoms in total. The van der Waals surface area contributed by atoms with Crippen molar-refractivity contribution < 1.29 is 14.6 Å². The van der Waals surface area contributed by atoms with Crippen LogP contribution < -0.4 is 0 Å². The van der Waals surface area contributed by atoms with E-state index in [1.54, 1.807) is 0 Å². The van der Waals surface area contributed by atoms with Crippen molar-refractivity contribution in [1.29, 1.82) is 0 Å². The van der Waals surface area contributed by atoms with Gasteiger partial charge in [-0.25, -0.2) is 0 Å². The third kappa shape index (κ3) is 9.65. The number of benzene rings is 1. The lowest BCUT2D eigenvalue weighted by Gasteiger charge is -2.06. The molecule has 19 heavy (non-hydrogen) atoms. The minimum atomic E-state index is 0.321. The zero-order valence-electron chi connectivity index (χ0n) is 11.7.